The number of benzene rings is 2. The Morgan fingerprint density at radius 1 is 0.880 bits per heavy atom. The van der Waals surface area contributed by atoms with Gasteiger partial charge in [0.25, 0.3) is 0 Å². The van der Waals surface area contributed by atoms with Crippen LogP contribution in [0.15, 0.2) is 60.7 Å². The largest absolute Gasteiger partial charge is 0.347 e. The summed E-state index contributed by atoms with van der Waals surface area (Å²) in [4.78, 5) is 0. The van der Waals surface area contributed by atoms with E-state index in [1.807, 2.05) is 54.9 Å². The van der Waals surface area contributed by atoms with Gasteiger partial charge in [0, 0.05) is 18.8 Å². The average Bonchev–Trinajstić information content (AvgIpc) is 3.06. The van der Waals surface area contributed by atoms with Gasteiger partial charge in [0.05, 0.1) is 12.2 Å². The fourth-order valence-corrected chi connectivity index (χ4v) is 2.75. The average molecular weight is 337 g/mol. The van der Waals surface area contributed by atoms with E-state index >= 15 is 0 Å². The van der Waals surface area contributed by atoms with Crippen molar-refractivity contribution in [3.05, 3.63) is 71.9 Å². The number of nitrogens with zero attached hydrogens (tertiary/aromatic N) is 3. The Balaban J connectivity index is 2.03. The molecule has 1 aromatic heterocycles. The van der Waals surface area contributed by atoms with Gasteiger partial charge < -0.3 is 9.47 Å². The highest BCUT2D eigenvalue weighted by atomic mass is 16.7. The van der Waals surface area contributed by atoms with Crippen molar-refractivity contribution < 1.29 is 9.47 Å². The maximum absolute atomic E-state index is 5.76. The maximum atomic E-state index is 5.76. The molecule has 1 heterocycles. The maximum Gasteiger partial charge on any atom is 0.205 e. The van der Waals surface area contributed by atoms with Crippen molar-refractivity contribution in [2.24, 2.45) is 0 Å². The Morgan fingerprint density at radius 2 is 1.48 bits per heavy atom. The van der Waals surface area contributed by atoms with Crippen molar-refractivity contribution >= 4 is 0 Å². The molecule has 0 spiro atoms. The van der Waals surface area contributed by atoms with Gasteiger partial charge in [-0.05, 0) is 19.4 Å². The molecule has 0 unspecified atom stereocenters. The smallest absolute Gasteiger partial charge is 0.205 e. The summed E-state index contributed by atoms with van der Waals surface area (Å²) < 4.78 is 13.4. The number of aromatic nitrogens is 3. The molecular weight excluding hydrogens is 314 g/mol. The van der Waals surface area contributed by atoms with E-state index in [1.54, 1.807) is 0 Å². The predicted octanol–water partition coefficient (Wildman–Crippen LogP) is 4.07. The molecular formula is C20H23N3O2. The first-order chi connectivity index (χ1) is 12.3. The van der Waals surface area contributed by atoms with Gasteiger partial charge in [-0.2, -0.15) is 0 Å². The van der Waals surface area contributed by atoms with Crippen LogP contribution in [0.5, 0.6) is 0 Å². The summed E-state index contributed by atoms with van der Waals surface area (Å²) in [7, 11) is 0. The van der Waals surface area contributed by atoms with E-state index in [2.05, 4.69) is 34.6 Å². The minimum atomic E-state index is -0.519. The third-order valence-electron chi connectivity index (χ3n) is 3.84. The molecule has 0 amide bonds. The van der Waals surface area contributed by atoms with E-state index in [4.69, 9.17) is 9.47 Å². The van der Waals surface area contributed by atoms with Crippen LogP contribution in [0.3, 0.4) is 0 Å². The highest BCUT2D eigenvalue weighted by molar-refractivity contribution is 5.62. The second kappa shape index (κ2) is 8.55. The van der Waals surface area contributed by atoms with E-state index < -0.39 is 6.29 Å². The van der Waals surface area contributed by atoms with Crippen LogP contribution in [0.2, 0.25) is 0 Å². The lowest BCUT2D eigenvalue weighted by molar-refractivity contribution is -0.142. The molecule has 3 rings (SSSR count). The molecule has 25 heavy (non-hydrogen) atoms. The highest BCUT2D eigenvalue weighted by Gasteiger charge is 2.24. The summed E-state index contributed by atoms with van der Waals surface area (Å²) in [6, 6.07) is 20.3. The molecule has 0 saturated heterocycles. The lowest BCUT2D eigenvalue weighted by Crippen LogP contribution is -2.11. The van der Waals surface area contributed by atoms with Crippen molar-refractivity contribution in [3.63, 3.8) is 0 Å². The van der Waals surface area contributed by atoms with Crippen LogP contribution in [0.25, 0.3) is 11.3 Å². The van der Waals surface area contributed by atoms with Crippen molar-refractivity contribution in [1.82, 2.24) is 15.0 Å². The van der Waals surface area contributed by atoms with Gasteiger partial charge in [-0.3, -0.25) is 0 Å². The van der Waals surface area contributed by atoms with E-state index in [-0.39, 0.29) is 0 Å². The van der Waals surface area contributed by atoms with Gasteiger partial charge in [-0.15, -0.1) is 5.10 Å². The van der Waals surface area contributed by atoms with Crippen molar-refractivity contribution in [1.29, 1.82) is 0 Å². The molecule has 0 aliphatic rings. The van der Waals surface area contributed by atoms with Crippen LogP contribution in [0, 0.1) is 0 Å². The fourth-order valence-electron chi connectivity index (χ4n) is 2.75. The zero-order valence-corrected chi connectivity index (χ0v) is 14.6. The Labute approximate surface area is 148 Å². The SMILES string of the molecule is CCOC(OCC)c1nnn(Cc2ccccc2)c1-c1ccccc1. The van der Waals surface area contributed by atoms with Crippen LogP contribution in [-0.2, 0) is 16.0 Å². The molecule has 0 aliphatic heterocycles. The number of hydrogen-bond donors (Lipinski definition) is 0. The molecule has 0 N–H and O–H groups in total. The molecule has 130 valence electrons. The van der Waals surface area contributed by atoms with Gasteiger partial charge in [-0.25, -0.2) is 4.68 Å². The molecule has 3 aromatic rings. The molecule has 5 nitrogen and oxygen atoms in total. The molecule has 0 radical (unpaired) electrons. The predicted molar refractivity (Wildman–Crippen MR) is 97.0 cm³/mol. The van der Waals surface area contributed by atoms with Crippen molar-refractivity contribution in [2.75, 3.05) is 13.2 Å². The first-order valence-corrected chi connectivity index (χ1v) is 8.59. The molecule has 0 saturated carbocycles. The van der Waals surface area contributed by atoms with E-state index in [9.17, 15) is 0 Å². The van der Waals surface area contributed by atoms with Gasteiger partial charge in [0.2, 0.25) is 6.29 Å². The highest BCUT2D eigenvalue weighted by Crippen LogP contribution is 2.29. The van der Waals surface area contributed by atoms with Crippen molar-refractivity contribution in [3.8, 4) is 11.3 Å². The van der Waals surface area contributed by atoms with Crippen LogP contribution < -0.4 is 0 Å². The van der Waals surface area contributed by atoms with Gasteiger partial charge in [0.1, 0.15) is 5.69 Å². The second-order valence-corrected chi connectivity index (χ2v) is 5.58. The molecule has 0 aliphatic carbocycles. The molecule has 0 fully saturated rings. The fraction of sp³-hybridized carbons (Fsp3) is 0.300. The number of hydrogen-bond acceptors (Lipinski definition) is 4. The third kappa shape index (κ3) is 4.13. The molecule has 0 atom stereocenters. The monoisotopic (exact) mass is 337 g/mol. The normalized spacial score (nSPS) is 11.2. The zero-order valence-electron chi connectivity index (χ0n) is 14.6. The summed E-state index contributed by atoms with van der Waals surface area (Å²) in [5.74, 6) is 0. The van der Waals surface area contributed by atoms with Crippen LogP contribution in [0.4, 0.5) is 0 Å². The third-order valence-corrected chi connectivity index (χ3v) is 3.84. The summed E-state index contributed by atoms with van der Waals surface area (Å²) >= 11 is 0. The quantitative estimate of drug-likeness (QED) is 0.582. The van der Waals surface area contributed by atoms with E-state index in [1.165, 1.54) is 5.56 Å². The Morgan fingerprint density at radius 3 is 2.08 bits per heavy atom. The van der Waals surface area contributed by atoms with E-state index in [0.29, 0.717) is 25.5 Å². The summed E-state index contributed by atoms with van der Waals surface area (Å²) in [5, 5.41) is 8.77. The van der Waals surface area contributed by atoms with E-state index in [0.717, 1.165) is 11.3 Å². The van der Waals surface area contributed by atoms with Crippen molar-refractivity contribution in [2.45, 2.75) is 26.7 Å². The van der Waals surface area contributed by atoms with Gasteiger partial charge >= 0.3 is 0 Å². The molecule has 0 bridgehead atoms. The number of ether oxygens (including phenoxy) is 2. The zero-order chi connectivity index (χ0) is 17.5. The standard InChI is InChI=1S/C20H23N3O2/c1-3-24-20(25-4-2)18-19(17-13-9-6-10-14-17)23(22-21-18)15-16-11-7-5-8-12-16/h5-14,20H,3-4,15H2,1-2H3. The summed E-state index contributed by atoms with van der Waals surface area (Å²) in [5.41, 5.74) is 3.85. The van der Waals surface area contributed by atoms with Gasteiger partial charge in [-0.1, -0.05) is 65.9 Å². The first kappa shape index (κ1) is 17.3. The summed E-state index contributed by atoms with van der Waals surface area (Å²) in [6.45, 7) is 5.63. The Bertz CT molecular complexity index is 766. The Hall–Kier alpha value is -2.50. The lowest BCUT2D eigenvalue weighted by atomic mass is 10.1. The molecule has 5 heteroatoms. The minimum Gasteiger partial charge on any atom is -0.347 e. The van der Waals surface area contributed by atoms with Gasteiger partial charge in [0.15, 0.2) is 0 Å². The van der Waals surface area contributed by atoms with Crippen LogP contribution >= 0.6 is 0 Å². The molecule has 2 aromatic carbocycles. The number of rotatable bonds is 8. The Kier molecular flexibility index (Phi) is 5.93. The first-order valence-electron chi connectivity index (χ1n) is 8.59. The lowest BCUT2D eigenvalue weighted by Gasteiger charge is -2.17. The topological polar surface area (TPSA) is 49.2 Å². The van der Waals surface area contributed by atoms with Crippen LogP contribution in [0.1, 0.15) is 31.4 Å². The minimum absolute atomic E-state index is 0.519. The van der Waals surface area contributed by atoms with Crippen LogP contribution in [-0.4, -0.2) is 28.2 Å². The summed E-state index contributed by atoms with van der Waals surface area (Å²) in [6.07, 6.45) is -0.519. The second-order valence-electron chi connectivity index (χ2n) is 5.58.